The first-order valence-electron chi connectivity index (χ1n) is 10.3. The second kappa shape index (κ2) is 9.05. The van der Waals surface area contributed by atoms with Gasteiger partial charge in [-0.05, 0) is 49.2 Å². The molecule has 1 aromatic heterocycles. The van der Waals surface area contributed by atoms with Crippen molar-refractivity contribution in [1.82, 2.24) is 9.78 Å². The maximum absolute atomic E-state index is 13.6. The number of aromatic nitrogens is 2. The Hall–Kier alpha value is -3.69. The van der Waals surface area contributed by atoms with E-state index in [0.717, 1.165) is 10.7 Å². The number of carbonyl (C=O) groups is 1. The van der Waals surface area contributed by atoms with Crippen molar-refractivity contribution in [3.63, 3.8) is 0 Å². The first-order valence-corrected chi connectivity index (χ1v) is 10.3. The van der Waals surface area contributed by atoms with E-state index in [2.05, 4.69) is 10.4 Å². The van der Waals surface area contributed by atoms with Crippen LogP contribution in [0.2, 0.25) is 0 Å². The van der Waals surface area contributed by atoms with Gasteiger partial charge in [-0.25, -0.2) is 4.39 Å². The van der Waals surface area contributed by atoms with E-state index in [4.69, 9.17) is 0 Å². The van der Waals surface area contributed by atoms with Gasteiger partial charge in [0.05, 0.1) is 22.9 Å². The highest BCUT2D eigenvalue weighted by Crippen LogP contribution is 2.35. The Morgan fingerprint density at radius 2 is 1.85 bits per heavy atom. The summed E-state index contributed by atoms with van der Waals surface area (Å²) in [6.07, 6.45) is -3.48. The molecule has 1 aliphatic heterocycles. The van der Waals surface area contributed by atoms with Crippen molar-refractivity contribution in [2.75, 3.05) is 23.3 Å². The van der Waals surface area contributed by atoms with Gasteiger partial charge in [0, 0.05) is 19.2 Å². The summed E-state index contributed by atoms with van der Waals surface area (Å²) >= 11 is 0. The minimum Gasteiger partial charge on any atom is -0.354 e. The summed E-state index contributed by atoms with van der Waals surface area (Å²) in [5, 5.41) is 6.72. The molecule has 10 heteroatoms. The number of nitrogens with one attached hydrogen (secondary N) is 1. The third-order valence-corrected chi connectivity index (χ3v) is 5.45. The van der Waals surface area contributed by atoms with Gasteiger partial charge in [0.15, 0.2) is 0 Å². The Morgan fingerprint density at radius 3 is 2.61 bits per heavy atom. The minimum atomic E-state index is -4.59. The van der Waals surface area contributed by atoms with Crippen LogP contribution in [-0.2, 0) is 11.0 Å². The third kappa shape index (κ3) is 5.05. The van der Waals surface area contributed by atoms with Crippen molar-refractivity contribution < 1.29 is 22.4 Å². The molecule has 1 amide bonds. The van der Waals surface area contributed by atoms with Gasteiger partial charge in [0.25, 0.3) is 5.56 Å². The topological polar surface area (TPSA) is 67.2 Å². The van der Waals surface area contributed by atoms with E-state index in [9.17, 15) is 27.2 Å². The van der Waals surface area contributed by atoms with E-state index in [1.165, 1.54) is 48.5 Å². The molecule has 3 aromatic rings. The summed E-state index contributed by atoms with van der Waals surface area (Å²) in [6, 6.07) is 13.1. The number of amides is 1. The zero-order valence-corrected chi connectivity index (χ0v) is 17.3. The van der Waals surface area contributed by atoms with Gasteiger partial charge in [-0.15, -0.1) is 5.10 Å². The highest BCUT2D eigenvalue weighted by Gasteiger charge is 2.34. The quantitative estimate of drug-likeness (QED) is 0.592. The van der Waals surface area contributed by atoms with Crippen LogP contribution in [0.3, 0.4) is 0 Å². The molecule has 0 radical (unpaired) electrons. The number of carbonyl (C=O) groups excluding carboxylic acids is 1. The molecule has 1 N–H and O–H groups in total. The lowest BCUT2D eigenvalue weighted by atomic mass is 9.96. The van der Waals surface area contributed by atoms with Crippen LogP contribution in [0.5, 0.6) is 0 Å². The molecule has 33 heavy (non-hydrogen) atoms. The first-order chi connectivity index (χ1) is 15.7. The Balaban J connectivity index is 1.53. The monoisotopic (exact) mass is 460 g/mol. The number of nitrogens with zero attached hydrogens (tertiary/aromatic N) is 3. The SMILES string of the molecule is O=C(Nc1ccccc1C(F)(F)F)[C@H]1CCCN(c2ccc(=O)n(-c3cccc(F)c3)n2)C1. The van der Waals surface area contributed by atoms with Crippen molar-refractivity contribution in [2.24, 2.45) is 5.92 Å². The van der Waals surface area contributed by atoms with Gasteiger partial charge < -0.3 is 10.2 Å². The summed E-state index contributed by atoms with van der Waals surface area (Å²) in [4.78, 5) is 26.8. The fraction of sp³-hybridized carbons (Fsp3) is 0.261. The zero-order chi connectivity index (χ0) is 23.6. The Morgan fingerprint density at radius 1 is 1.06 bits per heavy atom. The molecule has 4 rings (SSSR count). The van der Waals surface area contributed by atoms with Crippen molar-refractivity contribution >= 4 is 17.4 Å². The number of anilines is 2. The highest BCUT2D eigenvalue weighted by molar-refractivity contribution is 5.93. The van der Waals surface area contributed by atoms with Crippen LogP contribution in [0.1, 0.15) is 18.4 Å². The van der Waals surface area contributed by atoms with Crippen molar-refractivity contribution in [3.05, 3.63) is 82.4 Å². The van der Waals surface area contributed by atoms with Gasteiger partial charge in [-0.3, -0.25) is 9.59 Å². The fourth-order valence-corrected chi connectivity index (χ4v) is 3.84. The molecule has 0 aliphatic carbocycles. The van der Waals surface area contributed by atoms with Crippen LogP contribution < -0.4 is 15.8 Å². The Labute approximate surface area is 186 Å². The second-order valence-corrected chi connectivity index (χ2v) is 7.74. The maximum Gasteiger partial charge on any atom is 0.418 e. The number of piperidine rings is 1. The molecule has 172 valence electrons. The van der Waals surface area contributed by atoms with Crippen LogP contribution in [0.4, 0.5) is 29.1 Å². The van der Waals surface area contributed by atoms with Crippen LogP contribution in [0.15, 0.2) is 65.5 Å². The Bertz CT molecular complexity index is 1230. The maximum atomic E-state index is 13.6. The lowest BCUT2D eigenvalue weighted by molar-refractivity contribution is -0.137. The standard InChI is InChI=1S/C23H20F4N4O2/c24-16-6-3-7-17(13-16)31-21(32)11-10-20(29-31)30-12-4-5-15(14-30)22(33)28-19-9-2-1-8-18(19)23(25,26)27/h1-3,6-11,13,15H,4-5,12,14H2,(H,28,33)/t15-/m0/s1. The molecule has 6 nitrogen and oxygen atoms in total. The predicted molar refractivity (Wildman–Crippen MR) is 115 cm³/mol. The number of rotatable bonds is 4. The van der Waals surface area contributed by atoms with Gasteiger partial charge >= 0.3 is 6.18 Å². The Kier molecular flexibility index (Phi) is 6.17. The summed E-state index contributed by atoms with van der Waals surface area (Å²) in [7, 11) is 0. The van der Waals surface area contributed by atoms with Crippen molar-refractivity contribution in [2.45, 2.75) is 19.0 Å². The summed E-state index contributed by atoms with van der Waals surface area (Å²) in [5.74, 6) is -1.20. The molecule has 0 saturated carbocycles. The van der Waals surface area contributed by atoms with E-state index >= 15 is 0 Å². The van der Waals surface area contributed by atoms with Crippen LogP contribution in [0, 0.1) is 11.7 Å². The van der Waals surface area contributed by atoms with E-state index < -0.39 is 34.9 Å². The van der Waals surface area contributed by atoms with Crippen LogP contribution in [0.25, 0.3) is 5.69 Å². The summed E-state index contributed by atoms with van der Waals surface area (Å²) < 4.78 is 54.4. The molecular weight excluding hydrogens is 440 g/mol. The number of benzene rings is 2. The molecule has 1 saturated heterocycles. The molecule has 0 spiro atoms. The number of hydrogen-bond donors (Lipinski definition) is 1. The predicted octanol–water partition coefficient (Wildman–Crippen LogP) is 4.25. The highest BCUT2D eigenvalue weighted by atomic mass is 19.4. The minimum absolute atomic E-state index is 0.217. The molecule has 0 unspecified atom stereocenters. The van der Waals surface area contributed by atoms with E-state index in [1.54, 1.807) is 11.0 Å². The van der Waals surface area contributed by atoms with Gasteiger partial charge in [-0.1, -0.05) is 18.2 Å². The van der Waals surface area contributed by atoms with Crippen molar-refractivity contribution in [3.8, 4) is 5.69 Å². The van der Waals surface area contributed by atoms with Crippen LogP contribution in [-0.4, -0.2) is 28.8 Å². The lowest BCUT2D eigenvalue weighted by Crippen LogP contribution is -2.42. The molecule has 1 aliphatic rings. The largest absolute Gasteiger partial charge is 0.418 e. The average molecular weight is 460 g/mol. The zero-order valence-electron chi connectivity index (χ0n) is 17.3. The number of halogens is 4. The smallest absolute Gasteiger partial charge is 0.354 e. The van der Waals surface area contributed by atoms with E-state index in [1.807, 2.05) is 0 Å². The van der Waals surface area contributed by atoms with E-state index in [0.29, 0.717) is 25.2 Å². The molecule has 1 fully saturated rings. The molecule has 2 aromatic carbocycles. The van der Waals surface area contributed by atoms with E-state index in [-0.39, 0.29) is 17.9 Å². The van der Waals surface area contributed by atoms with Gasteiger partial charge in [0.1, 0.15) is 11.6 Å². The molecule has 1 atom stereocenters. The van der Waals surface area contributed by atoms with Gasteiger partial charge in [0.2, 0.25) is 5.91 Å². The fourth-order valence-electron chi connectivity index (χ4n) is 3.84. The average Bonchev–Trinajstić information content (AvgIpc) is 2.79. The second-order valence-electron chi connectivity index (χ2n) is 7.74. The number of para-hydroxylation sites is 1. The van der Waals surface area contributed by atoms with Crippen LogP contribution >= 0.6 is 0 Å². The number of alkyl halides is 3. The molecule has 2 heterocycles. The normalized spacial score (nSPS) is 16.5. The third-order valence-electron chi connectivity index (χ3n) is 5.45. The van der Waals surface area contributed by atoms with Gasteiger partial charge in [-0.2, -0.15) is 17.9 Å². The van der Waals surface area contributed by atoms with Crippen molar-refractivity contribution in [1.29, 1.82) is 0 Å². The summed E-state index contributed by atoms with van der Waals surface area (Å²) in [5.41, 5.74) is -1.38. The first kappa shape index (κ1) is 22.5. The molecular formula is C23H20F4N4O2. The molecule has 0 bridgehead atoms. The number of hydrogen-bond acceptors (Lipinski definition) is 4. The summed E-state index contributed by atoms with van der Waals surface area (Å²) in [6.45, 7) is 0.769. The lowest BCUT2D eigenvalue weighted by Gasteiger charge is -2.33.